The molecule has 140 valence electrons. The first kappa shape index (κ1) is 18.8. The molecule has 1 heterocycles. The molecule has 0 bridgehead atoms. The zero-order chi connectivity index (χ0) is 19.4. The van der Waals surface area contributed by atoms with Gasteiger partial charge in [0.1, 0.15) is 12.3 Å². The first-order chi connectivity index (χ1) is 13.0. The molecule has 0 saturated heterocycles. The largest absolute Gasteiger partial charge is 0.497 e. The molecule has 0 amide bonds. The van der Waals surface area contributed by atoms with Crippen LogP contribution in [0.1, 0.15) is 5.56 Å². The normalized spacial score (nSPS) is 10.8. The number of benzene rings is 2. The number of hydrogen-bond donors (Lipinski definition) is 1. The molecule has 1 aromatic heterocycles. The number of hydrogen-bond acceptors (Lipinski definition) is 5. The van der Waals surface area contributed by atoms with Crippen LogP contribution in [0.4, 0.5) is 8.78 Å². The van der Waals surface area contributed by atoms with E-state index < -0.39 is 17.6 Å². The average molecular weight is 391 g/mol. The number of aromatic nitrogens is 3. The number of carbonyl (C=O) groups is 1. The van der Waals surface area contributed by atoms with E-state index in [1.807, 2.05) is 0 Å². The molecule has 0 spiro atoms. The van der Waals surface area contributed by atoms with Gasteiger partial charge in [0.25, 0.3) is 0 Å². The maximum Gasteiger partial charge on any atom is 0.323 e. The standard InChI is InChI=1S/C18H15F2N3O3S/c1-26-13-7-5-11(6-8-13)17-21-22-18(23(17)9-15(24)25)27-10-12-3-2-4-14(19)16(12)20/h2-8H,9-10H2,1H3,(H,24,25). The molecule has 1 N–H and O–H groups in total. The van der Waals surface area contributed by atoms with Crippen molar-refractivity contribution in [2.45, 2.75) is 17.5 Å². The SMILES string of the molecule is COc1ccc(-c2nnc(SCc3cccc(F)c3F)n2CC(=O)O)cc1. The monoisotopic (exact) mass is 391 g/mol. The van der Waals surface area contributed by atoms with E-state index in [2.05, 4.69) is 10.2 Å². The van der Waals surface area contributed by atoms with E-state index in [9.17, 15) is 18.7 Å². The second kappa shape index (κ2) is 8.17. The lowest BCUT2D eigenvalue weighted by atomic mass is 10.2. The Hall–Kier alpha value is -2.94. The van der Waals surface area contributed by atoms with E-state index in [0.29, 0.717) is 22.3 Å². The molecule has 0 aliphatic heterocycles. The molecular weight excluding hydrogens is 376 g/mol. The van der Waals surface area contributed by atoms with E-state index in [1.54, 1.807) is 31.4 Å². The van der Waals surface area contributed by atoms with Crippen molar-refractivity contribution in [3.05, 3.63) is 59.7 Å². The van der Waals surface area contributed by atoms with Crippen LogP contribution in [0.15, 0.2) is 47.6 Å². The first-order valence-corrected chi connectivity index (χ1v) is 8.83. The predicted molar refractivity (Wildman–Crippen MR) is 95.6 cm³/mol. The van der Waals surface area contributed by atoms with Gasteiger partial charge in [0, 0.05) is 16.9 Å². The Labute approximate surface area is 157 Å². The number of halogens is 2. The number of thioether (sulfide) groups is 1. The van der Waals surface area contributed by atoms with E-state index in [-0.39, 0.29) is 17.9 Å². The topological polar surface area (TPSA) is 77.2 Å². The molecule has 0 atom stereocenters. The summed E-state index contributed by atoms with van der Waals surface area (Å²) in [5.41, 5.74) is 0.823. The Morgan fingerprint density at radius 2 is 1.93 bits per heavy atom. The Morgan fingerprint density at radius 3 is 2.59 bits per heavy atom. The van der Waals surface area contributed by atoms with Crippen LogP contribution < -0.4 is 4.74 Å². The van der Waals surface area contributed by atoms with Crippen molar-refractivity contribution in [2.24, 2.45) is 0 Å². The van der Waals surface area contributed by atoms with Crippen LogP contribution in [0.2, 0.25) is 0 Å². The Balaban J connectivity index is 1.89. The summed E-state index contributed by atoms with van der Waals surface area (Å²) >= 11 is 1.08. The molecule has 3 aromatic rings. The summed E-state index contributed by atoms with van der Waals surface area (Å²) in [6.45, 7) is -0.359. The summed E-state index contributed by atoms with van der Waals surface area (Å²) in [6.07, 6.45) is 0. The molecule has 0 radical (unpaired) electrons. The minimum atomic E-state index is -1.07. The average Bonchev–Trinajstić information content (AvgIpc) is 3.05. The molecule has 0 aliphatic rings. The van der Waals surface area contributed by atoms with Crippen molar-refractivity contribution >= 4 is 17.7 Å². The van der Waals surface area contributed by atoms with Crippen LogP contribution in [0.25, 0.3) is 11.4 Å². The second-order valence-electron chi connectivity index (χ2n) is 5.52. The number of carboxylic acid groups (broad SMARTS) is 1. The highest BCUT2D eigenvalue weighted by molar-refractivity contribution is 7.98. The maximum atomic E-state index is 13.8. The molecular formula is C18H15F2N3O3S. The van der Waals surface area contributed by atoms with Crippen LogP contribution in [-0.4, -0.2) is 33.0 Å². The summed E-state index contributed by atoms with van der Waals surface area (Å²) in [4.78, 5) is 11.3. The molecule has 6 nitrogen and oxygen atoms in total. The third-order valence-corrected chi connectivity index (χ3v) is 4.76. The summed E-state index contributed by atoms with van der Waals surface area (Å²) in [5.74, 6) is -1.82. The zero-order valence-corrected chi connectivity index (χ0v) is 15.0. The highest BCUT2D eigenvalue weighted by Crippen LogP contribution is 2.28. The number of rotatable bonds is 7. The second-order valence-corrected chi connectivity index (χ2v) is 6.46. The molecule has 0 unspecified atom stereocenters. The summed E-state index contributed by atoms with van der Waals surface area (Å²) in [5, 5.41) is 17.6. The number of nitrogens with zero attached hydrogens (tertiary/aromatic N) is 3. The Bertz CT molecular complexity index is 961. The minimum Gasteiger partial charge on any atom is -0.497 e. The molecule has 9 heteroatoms. The van der Waals surface area contributed by atoms with Crippen molar-refractivity contribution in [1.29, 1.82) is 0 Å². The van der Waals surface area contributed by atoms with Crippen LogP contribution in [0.3, 0.4) is 0 Å². The van der Waals surface area contributed by atoms with E-state index in [0.717, 1.165) is 17.8 Å². The van der Waals surface area contributed by atoms with E-state index in [4.69, 9.17) is 4.74 Å². The summed E-state index contributed by atoms with van der Waals surface area (Å²) < 4.78 is 33.7. The summed E-state index contributed by atoms with van der Waals surface area (Å²) in [6, 6.07) is 10.9. The number of ether oxygens (including phenoxy) is 1. The zero-order valence-electron chi connectivity index (χ0n) is 14.2. The van der Waals surface area contributed by atoms with Gasteiger partial charge < -0.3 is 9.84 Å². The molecule has 0 aliphatic carbocycles. The molecule has 0 saturated carbocycles. The molecule has 3 rings (SSSR count). The van der Waals surface area contributed by atoms with Gasteiger partial charge in [-0.25, -0.2) is 8.78 Å². The highest BCUT2D eigenvalue weighted by atomic mass is 32.2. The van der Waals surface area contributed by atoms with Crippen LogP contribution in [0.5, 0.6) is 5.75 Å². The van der Waals surface area contributed by atoms with Gasteiger partial charge in [0.2, 0.25) is 0 Å². The van der Waals surface area contributed by atoms with Crippen LogP contribution >= 0.6 is 11.8 Å². The fourth-order valence-electron chi connectivity index (χ4n) is 2.43. The smallest absolute Gasteiger partial charge is 0.323 e. The van der Waals surface area contributed by atoms with Crippen LogP contribution in [-0.2, 0) is 17.1 Å². The van der Waals surface area contributed by atoms with Gasteiger partial charge in [-0.3, -0.25) is 9.36 Å². The third kappa shape index (κ3) is 4.25. The Kier molecular flexibility index (Phi) is 5.70. The van der Waals surface area contributed by atoms with Gasteiger partial charge in [0.05, 0.1) is 7.11 Å². The number of aliphatic carboxylic acids is 1. The highest BCUT2D eigenvalue weighted by Gasteiger charge is 2.18. The van der Waals surface area contributed by atoms with Crippen molar-refractivity contribution < 1.29 is 23.4 Å². The van der Waals surface area contributed by atoms with Gasteiger partial charge in [-0.1, -0.05) is 23.9 Å². The van der Waals surface area contributed by atoms with Crippen molar-refractivity contribution in [3.63, 3.8) is 0 Å². The van der Waals surface area contributed by atoms with Crippen molar-refractivity contribution in [2.75, 3.05) is 7.11 Å². The first-order valence-electron chi connectivity index (χ1n) is 7.84. The molecule has 0 fully saturated rings. The summed E-state index contributed by atoms with van der Waals surface area (Å²) in [7, 11) is 1.54. The lowest BCUT2D eigenvalue weighted by Crippen LogP contribution is -2.11. The molecule has 27 heavy (non-hydrogen) atoms. The maximum absolute atomic E-state index is 13.8. The van der Waals surface area contributed by atoms with Gasteiger partial charge in [0.15, 0.2) is 22.6 Å². The number of methoxy groups -OCH3 is 1. The van der Waals surface area contributed by atoms with Crippen molar-refractivity contribution in [1.82, 2.24) is 14.8 Å². The predicted octanol–water partition coefficient (Wildman–Crippen LogP) is 3.61. The quantitative estimate of drug-likeness (QED) is 0.620. The van der Waals surface area contributed by atoms with Crippen molar-refractivity contribution in [3.8, 4) is 17.1 Å². The molecule has 2 aromatic carbocycles. The minimum absolute atomic E-state index is 0.0873. The fraction of sp³-hybridized carbons (Fsp3) is 0.167. The van der Waals surface area contributed by atoms with Gasteiger partial charge in [-0.05, 0) is 30.3 Å². The fourth-order valence-corrected chi connectivity index (χ4v) is 3.34. The lowest BCUT2D eigenvalue weighted by Gasteiger charge is -2.09. The Morgan fingerprint density at radius 1 is 1.19 bits per heavy atom. The van der Waals surface area contributed by atoms with Gasteiger partial charge in [-0.2, -0.15) is 0 Å². The van der Waals surface area contributed by atoms with E-state index in [1.165, 1.54) is 16.7 Å². The lowest BCUT2D eigenvalue weighted by molar-refractivity contribution is -0.137. The van der Waals surface area contributed by atoms with Crippen LogP contribution in [0, 0.1) is 11.6 Å². The van der Waals surface area contributed by atoms with Gasteiger partial charge in [-0.15, -0.1) is 10.2 Å². The van der Waals surface area contributed by atoms with E-state index >= 15 is 0 Å². The number of carboxylic acids is 1. The van der Waals surface area contributed by atoms with Gasteiger partial charge >= 0.3 is 5.97 Å². The third-order valence-electron chi connectivity index (χ3n) is 3.75.